The lowest BCUT2D eigenvalue weighted by Gasteiger charge is -2.25. The van der Waals surface area contributed by atoms with Gasteiger partial charge >= 0.3 is 5.97 Å². The molecule has 0 spiro atoms. The SMILES string of the molecule is O=C(O)C1CCC(C(=O)Nc2cccc(Oc3ccccn3)c2)CC1. The summed E-state index contributed by atoms with van der Waals surface area (Å²) in [7, 11) is 0. The maximum Gasteiger partial charge on any atom is 0.306 e. The molecule has 1 heterocycles. The van der Waals surface area contributed by atoms with Crippen molar-refractivity contribution >= 4 is 17.6 Å². The highest BCUT2D eigenvalue weighted by atomic mass is 16.5. The molecule has 0 aliphatic heterocycles. The molecule has 25 heavy (non-hydrogen) atoms. The molecule has 0 unspecified atom stereocenters. The van der Waals surface area contributed by atoms with Gasteiger partial charge in [0.1, 0.15) is 5.75 Å². The number of hydrogen-bond acceptors (Lipinski definition) is 4. The molecule has 1 aliphatic carbocycles. The number of aromatic nitrogens is 1. The number of pyridine rings is 1. The van der Waals surface area contributed by atoms with Gasteiger partial charge in [0.25, 0.3) is 0 Å². The second-order valence-electron chi connectivity index (χ2n) is 6.17. The van der Waals surface area contributed by atoms with Crippen LogP contribution in [0.1, 0.15) is 25.7 Å². The molecule has 2 aromatic rings. The van der Waals surface area contributed by atoms with Crippen LogP contribution >= 0.6 is 0 Å². The van der Waals surface area contributed by atoms with Crippen molar-refractivity contribution in [3.63, 3.8) is 0 Å². The molecule has 1 aromatic carbocycles. The molecule has 0 saturated heterocycles. The first-order chi connectivity index (χ1) is 12.1. The summed E-state index contributed by atoms with van der Waals surface area (Å²) in [6.45, 7) is 0. The zero-order chi connectivity index (χ0) is 17.6. The fourth-order valence-electron chi connectivity index (χ4n) is 3.01. The molecule has 1 aromatic heterocycles. The third-order valence-electron chi connectivity index (χ3n) is 4.41. The van der Waals surface area contributed by atoms with Gasteiger partial charge in [-0.2, -0.15) is 0 Å². The van der Waals surface area contributed by atoms with E-state index in [-0.39, 0.29) is 17.7 Å². The number of aliphatic carboxylic acids is 1. The number of anilines is 1. The van der Waals surface area contributed by atoms with Crippen molar-refractivity contribution in [2.45, 2.75) is 25.7 Å². The third kappa shape index (κ3) is 4.56. The first-order valence-electron chi connectivity index (χ1n) is 8.34. The fraction of sp³-hybridized carbons (Fsp3) is 0.316. The topological polar surface area (TPSA) is 88.5 Å². The number of nitrogens with one attached hydrogen (secondary N) is 1. The van der Waals surface area contributed by atoms with Crippen molar-refractivity contribution < 1.29 is 19.4 Å². The van der Waals surface area contributed by atoms with Gasteiger partial charge in [-0.15, -0.1) is 0 Å². The van der Waals surface area contributed by atoms with Gasteiger partial charge in [-0.05, 0) is 43.9 Å². The lowest BCUT2D eigenvalue weighted by atomic mass is 9.81. The van der Waals surface area contributed by atoms with Crippen LogP contribution in [0.4, 0.5) is 5.69 Å². The summed E-state index contributed by atoms with van der Waals surface area (Å²) in [5, 5.41) is 11.9. The lowest BCUT2D eigenvalue weighted by Crippen LogP contribution is -2.29. The van der Waals surface area contributed by atoms with Gasteiger partial charge in [-0.3, -0.25) is 9.59 Å². The Morgan fingerprint density at radius 2 is 1.80 bits per heavy atom. The number of carbonyl (C=O) groups excluding carboxylic acids is 1. The van der Waals surface area contributed by atoms with Crippen molar-refractivity contribution in [1.82, 2.24) is 4.98 Å². The molecule has 0 radical (unpaired) electrons. The monoisotopic (exact) mass is 340 g/mol. The second-order valence-corrected chi connectivity index (χ2v) is 6.17. The number of ether oxygens (including phenoxy) is 1. The van der Waals surface area contributed by atoms with Crippen LogP contribution in [0.5, 0.6) is 11.6 Å². The maximum absolute atomic E-state index is 12.4. The van der Waals surface area contributed by atoms with Gasteiger partial charge < -0.3 is 15.2 Å². The highest BCUT2D eigenvalue weighted by molar-refractivity contribution is 5.92. The Bertz CT molecular complexity index is 740. The molecule has 1 aliphatic rings. The third-order valence-corrected chi connectivity index (χ3v) is 4.41. The predicted octanol–water partition coefficient (Wildman–Crippen LogP) is 3.70. The second kappa shape index (κ2) is 7.79. The Kier molecular flexibility index (Phi) is 5.28. The number of amides is 1. The molecule has 1 amide bonds. The lowest BCUT2D eigenvalue weighted by molar-refractivity contribution is -0.143. The van der Waals surface area contributed by atoms with Crippen molar-refractivity contribution in [3.8, 4) is 11.6 Å². The minimum atomic E-state index is -0.766. The molecule has 0 atom stereocenters. The molecular weight excluding hydrogens is 320 g/mol. The molecule has 6 nitrogen and oxygen atoms in total. The van der Waals surface area contributed by atoms with Crippen molar-refractivity contribution in [1.29, 1.82) is 0 Å². The highest BCUT2D eigenvalue weighted by Gasteiger charge is 2.29. The summed E-state index contributed by atoms with van der Waals surface area (Å²) in [4.78, 5) is 27.5. The molecule has 1 saturated carbocycles. The molecule has 3 rings (SSSR count). The summed E-state index contributed by atoms with van der Waals surface area (Å²) in [6.07, 6.45) is 3.96. The standard InChI is InChI=1S/C19H20N2O4/c22-18(13-7-9-14(10-8-13)19(23)24)21-15-4-3-5-16(12-15)25-17-6-1-2-11-20-17/h1-6,11-14H,7-10H2,(H,21,22)(H,23,24). The molecule has 0 bridgehead atoms. The summed E-state index contributed by atoms with van der Waals surface area (Å²) < 4.78 is 5.66. The van der Waals surface area contributed by atoms with Crippen molar-refractivity contribution in [3.05, 3.63) is 48.7 Å². The van der Waals surface area contributed by atoms with Crippen molar-refractivity contribution in [2.75, 3.05) is 5.32 Å². The van der Waals surface area contributed by atoms with Crippen LogP contribution in [0.2, 0.25) is 0 Å². The summed E-state index contributed by atoms with van der Waals surface area (Å²) in [6, 6.07) is 12.5. The van der Waals surface area contributed by atoms with Crippen LogP contribution in [0.3, 0.4) is 0 Å². The number of carboxylic acid groups (broad SMARTS) is 1. The van der Waals surface area contributed by atoms with E-state index in [4.69, 9.17) is 9.84 Å². The number of benzene rings is 1. The van der Waals surface area contributed by atoms with E-state index in [1.54, 1.807) is 36.5 Å². The van der Waals surface area contributed by atoms with Crippen LogP contribution in [-0.4, -0.2) is 22.0 Å². The van der Waals surface area contributed by atoms with Gasteiger partial charge in [0, 0.05) is 29.9 Å². The van der Waals surface area contributed by atoms with E-state index < -0.39 is 5.97 Å². The van der Waals surface area contributed by atoms with Gasteiger partial charge in [-0.25, -0.2) is 4.98 Å². The van der Waals surface area contributed by atoms with E-state index in [9.17, 15) is 9.59 Å². The molecule has 2 N–H and O–H groups in total. The van der Waals surface area contributed by atoms with Crippen LogP contribution < -0.4 is 10.1 Å². The average Bonchev–Trinajstić information content (AvgIpc) is 2.63. The molecule has 130 valence electrons. The fourth-order valence-corrected chi connectivity index (χ4v) is 3.01. The Labute approximate surface area is 145 Å². The number of hydrogen-bond donors (Lipinski definition) is 2. The first kappa shape index (κ1) is 17.0. The van der Waals surface area contributed by atoms with Crippen LogP contribution in [0, 0.1) is 11.8 Å². The van der Waals surface area contributed by atoms with E-state index in [1.807, 2.05) is 12.1 Å². The van der Waals surface area contributed by atoms with Crippen molar-refractivity contribution in [2.24, 2.45) is 11.8 Å². The molecule has 6 heteroatoms. The van der Waals surface area contributed by atoms with Gasteiger partial charge in [0.15, 0.2) is 0 Å². The quantitative estimate of drug-likeness (QED) is 0.866. The number of carbonyl (C=O) groups is 2. The summed E-state index contributed by atoms with van der Waals surface area (Å²) in [5.41, 5.74) is 0.652. The Morgan fingerprint density at radius 1 is 1.04 bits per heavy atom. The number of carboxylic acids is 1. The predicted molar refractivity (Wildman–Crippen MR) is 92.5 cm³/mol. The van der Waals surface area contributed by atoms with E-state index in [2.05, 4.69) is 10.3 Å². The molecular formula is C19H20N2O4. The number of rotatable bonds is 5. The Balaban J connectivity index is 1.58. The van der Waals surface area contributed by atoms with E-state index in [0.29, 0.717) is 43.0 Å². The van der Waals surface area contributed by atoms with E-state index in [1.165, 1.54) is 0 Å². The minimum Gasteiger partial charge on any atom is -0.481 e. The summed E-state index contributed by atoms with van der Waals surface area (Å²) in [5.74, 6) is -0.226. The Morgan fingerprint density at radius 3 is 2.48 bits per heavy atom. The largest absolute Gasteiger partial charge is 0.481 e. The first-order valence-corrected chi connectivity index (χ1v) is 8.34. The zero-order valence-electron chi connectivity index (χ0n) is 13.7. The average molecular weight is 340 g/mol. The number of nitrogens with zero attached hydrogens (tertiary/aromatic N) is 1. The zero-order valence-corrected chi connectivity index (χ0v) is 13.7. The van der Waals surface area contributed by atoms with Crippen LogP contribution in [0.25, 0.3) is 0 Å². The minimum absolute atomic E-state index is 0.0705. The van der Waals surface area contributed by atoms with Gasteiger partial charge in [-0.1, -0.05) is 12.1 Å². The maximum atomic E-state index is 12.4. The van der Waals surface area contributed by atoms with Gasteiger partial charge in [0.2, 0.25) is 11.8 Å². The molecule has 1 fully saturated rings. The highest BCUT2D eigenvalue weighted by Crippen LogP contribution is 2.30. The smallest absolute Gasteiger partial charge is 0.306 e. The summed E-state index contributed by atoms with van der Waals surface area (Å²) >= 11 is 0. The van der Waals surface area contributed by atoms with E-state index >= 15 is 0 Å². The van der Waals surface area contributed by atoms with E-state index in [0.717, 1.165) is 0 Å². The van der Waals surface area contributed by atoms with Gasteiger partial charge in [0.05, 0.1) is 5.92 Å². The van der Waals surface area contributed by atoms with Crippen LogP contribution in [0.15, 0.2) is 48.7 Å². The Hall–Kier alpha value is -2.89. The van der Waals surface area contributed by atoms with Crippen LogP contribution in [-0.2, 0) is 9.59 Å². The normalized spacial score (nSPS) is 19.8.